The number of methoxy groups -OCH3 is 1. The van der Waals surface area contributed by atoms with Gasteiger partial charge in [0, 0.05) is 56.4 Å². The largest absolute Gasteiger partial charge is 0.496 e. The first-order valence-electron chi connectivity index (χ1n) is 11.7. The number of hydrogen-bond donors (Lipinski definition) is 1. The van der Waals surface area contributed by atoms with E-state index in [1.165, 1.54) is 12.8 Å². The summed E-state index contributed by atoms with van der Waals surface area (Å²) in [6.07, 6.45) is 4.21. The predicted octanol–water partition coefficient (Wildman–Crippen LogP) is 3.13. The van der Waals surface area contributed by atoms with Crippen molar-refractivity contribution in [2.75, 3.05) is 38.2 Å². The average Bonchev–Trinajstić information content (AvgIpc) is 3.44. The first-order chi connectivity index (χ1) is 15.5. The van der Waals surface area contributed by atoms with Gasteiger partial charge in [-0.25, -0.2) is 9.97 Å². The summed E-state index contributed by atoms with van der Waals surface area (Å²) in [5, 5.41) is 3.13. The Morgan fingerprint density at radius 1 is 1.22 bits per heavy atom. The van der Waals surface area contributed by atoms with Crippen LogP contribution >= 0.6 is 0 Å². The molecule has 0 spiro atoms. The summed E-state index contributed by atoms with van der Waals surface area (Å²) in [6, 6.07) is 8.33. The van der Waals surface area contributed by atoms with Crippen LogP contribution in [0.3, 0.4) is 0 Å². The van der Waals surface area contributed by atoms with Gasteiger partial charge in [0.1, 0.15) is 5.75 Å². The molecule has 2 aliphatic rings. The van der Waals surface area contributed by atoms with E-state index >= 15 is 0 Å². The lowest BCUT2D eigenvalue weighted by Crippen LogP contribution is -2.38. The lowest BCUT2D eigenvalue weighted by Gasteiger charge is -2.21. The fourth-order valence-electron chi connectivity index (χ4n) is 4.98. The Morgan fingerprint density at radius 2 is 2.00 bits per heavy atom. The number of para-hydroxylation sites is 1. The summed E-state index contributed by atoms with van der Waals surface area (Å²) in [4.78, 5) is 27.2. The van der Waals surface area contributed by atoms with Crippen molar-refractivity contribution in [3.05, 3.63) is 47.3 Å². The third-order valence-electron chi connectivity index (χ3n) is 6.49. The number of rotatable bonds is 7. The van der Waals surface area contributed by atoms with Crippen molar-refractivity contribution in [2.24, 2.45) is 5.92 Å². The van der Waals surface area contributed by atoms with Crippen molar-refractivity contribution in [3.63, 3.8) is 0 Å². The summed E-state index contributed by atoms with van der Waals surface area (Å²) in [5.74, 6) is 1.72. The van der Waals surface area contributed by atoms with Crippen LogP contribution in [0.25, 0.3) is 0 Å². The average molecular weight is 438 g/mol. The van der Waals surface area contributed by atoms with Crippen molar-refractivity contribution in [3.8, 4) is 5.75 Å². The van der Waals surface area contributed by atoms with Crippen LogP contribution in [0.5, 0.6) is 5.75 Å². The molecular weight excluding hydrogens is 402 g/mol. The Morgan fingerprint density at radius 3 is 2.72 bits per heavy atom. The van der Waals surface area contributed by atoms with E-state index < -0.39 is 0 Å². The van der Waals surface area contributed by atoms with Crippen LogP contribution in [0, 0.1) is 12.8 Å². The van der Waals surface area contributed by atoms with Gasteiger partial charge in [0.2, 0.25) is 11.9 Å². The maximum atomic E-state index is 13.1. The van der Waals surface area contributed by atoms with Crippen molar-refractivity contribution in [2.45, 2.75) is 52.1 Å². The molecule has 0 bridgehead atoms. The van der Waals surface area contributed by atoms with E-state index in [2.05, 4.69) is 45.2 Å². The van der Waals surface area contributed by atoms with Crippen LogP contribution in [0.2, 0.25) is 0 Å². The summed E-state index contributed by atoms with van der Waals surface area (Å²) in [6.45, 7) is 10.3. The number of aryl methyl sites for hydroxylation is 1. The van der Waals surface area contributed by atoms with Crippen molar-refractivity contribution in [1.82, 2.24) is 20.2 Å². The zero-order valence-electron chi connectivity index (χ0n) is 19.7. The van der Waals surface area contributed by atoms with Crippen molar-refractivity contribution >= 4 is 11.9 Å². The lowest BCUT2D eigenvalue weighted by molar-refractivity contribution is -0.125. The SMILES string of the molecule is COc1c(C)cccc1CN1C[C@H](C(=O)NC(C)C)[C@@H](c2ccnc(N3CCCC3)n2)C1. The van der Waals surface area contributed by atoms with Gasteiger partial charge in [-0.05, 0) is 45.2 Å². The Bertz CT molecular complexity index is 942. The van der Waals surface area contributed by atoms with E-state index in [4.69, 9.17) is 9.72 Å². The minimum Gasteiger partial charge on any atom is -0.496 e. The number of carbonyl (C=O) groups is 1. The number of ether oxygens (including phenoxy) is 1. The van der Waals surface area contributed by atoms with Gasteiger partial charge in [-0.15, -0.1) is 0 Å². The predicted molar refractivity (Wildman–Crippen MR) is 126 cm³/mol. The van der Waals surface area contributed by atoms with E-state index in [1.54, 1.807) is 7.11 Å². The molecule has 0 unspecified atom stereocenters. The summed E-state index contributed by atoms with van der Waals surface area (Å²) < 4.78 is 5.67. The van der Waals surface area contributed by atoms with Gasteiger partial charge in [0.15, 0.2) is 0 Å². The quantitative estimate of drug-likeness (QED) is 0.718. The number of likely N-dealkylation sites (tertiary alicyclic amines) is 1. The molecule has 2 saturated heterocycles. The van der Waals surface area contributed by atoms with Gasteiger partial charge in [0.25, 0.3) is 0 Å². The van der Waals surface area contributed by atoms with Gasteiger partial charge in [0.05, 0.1) is 18.7 Å². The van der Waals surface area contributed by atoms with Crippen LogP contribution in [0.15, 0.2) is 30.5 Å². The molecule has 1 aromatic carbocycles. The highest BCUT2D eigenvalue weighted by Gasteiger charge is 2.40. The first kappa shape index (κ1) is 22.5. The topological polar surface area (TPSA) is 70.6 Å². The maximum absolute atomic E-state index is 13.1. The van der Waals surface area contributed by atoms with Crippen LogP contribution in [-0.2, 0) is 11.3 Å². The monoisotopic (exact) mass is 437 g/mol. The molecule has 172 valence electrons. The van der Waals surface area contributed by atoms with Crippen LogP contribution in [0.1, 0.15) is 49.4 Å². The fraction of sp³-hybridized carbons (Fsp3) is 0.560. The second kappa shape index (κ2) is 9.86. The number of hydrogen-bond acceptors (Lipinski definition) is 6. The number of nitrogens with zero attached hydrogens (tertiary/aromatic N) is 4. The van der Waals surface area contributed by atoms with Crippen molar-refractivity contribution < 1.29 is 9.53 Å². The highest BCUT2D eigenvalue weighted by atomic mass is 16.5. The lowest BCUT2D eigenvalue weighted by atomic mass is 9.91. The summed E-state index contributed by atoms with van der Waals surface area (Å²) in [7, 11) is 1.72. The molecule has 2 aliphatic heterocycles. The molecule has 7 heteroatoms. The number of nitrogens with one attached hydrogen (secondary N) is 1. The van der Waals surface area contributed by atoms with Gasteiger partial charge in [-0.2, -0.15) is 0 Å². The smallest absolute Gasteiger partial charge is 0.225 e. The number of anilines is 1. The fourth-order valence-corrected chi connectivity index (χ4v) is 4.98. The molecule has 3 heterocycles. The Hall–Kier alpha value is -2.67. The highest BCUT2D eigenvalue weighted by Crippen LogP contribution is 2.35. The number of aromatic nitrogens is 2. The minimum atomic E-state index is -0.144. The van der Waals surface area contributed by atoms with E-state index in [9.17, 15) is 4.79 Å². The van der Waals surface area contributed by atoms with Gasteiger partial charge in [-0.3, -0.25) is 9.69 Å². The Balaban J connectivity index is 1.59. The molecule has 1 amide bonds. The summed E-state index contributed by atoms with van der Waals surface area (Å²) >= 11 is 0. The first-order valence-corrected chi connectivity index (χ1v) is 11.7. The molecule has 0 aliphatic carbocycles. The van der Waals surface area contributed by atoms with Gasteiger partial charge >= 0.3 is 0 Å². The molecule has 2 atom stereocenters. The minimum absolute atomic E-state index is 0.0360. The third kappa shape index (κ3) is 4.88. The standard InChI is InChI=1S/C25H35N5O2/c1-17(2)27-24(31)21-16-29(14-19-9-7-8-18(3)23(19)32-4)15-20(21)22-10-11-26-25(28-22)30-12-5-6-13-30/h7-11,17,20-21H,5-6,12-16H2,1-4H3,(H,27,31)/t20-,21-/m0/s1. The number of amides is 1. The van der Waals surface area contributed by atoms with Gasteiger partial charge < -0.3 is 15.0 Å². The second-order valence-corrected chi connectivity index (χ2v) is 9.31. The Kier molecular flexibility index (Phi) is 6.94. The molecule has 4 rings (SSSR count). The molecule has 32 heavy (non-hydrogen) atoms. The van der Waals surface area contributed by atoms with E-state index in [0.29, 0.717) is 6.54 Å². The highest BCUT2D eigenvalue weighted by molar-refractivity contribution is 5.80. The molecule has 0 saturated carbocycles. The normalized spacial score (nSPS) is 21.3. The molecule has 0 radical (unpaired) electrons. The van der Waals surface area contributed by atoms with E-state index in [1.807, 2.05) is 26.1 Å². The van der Waals surface area contributed by atoms with Crippen LogP contribution in [0.4, 0.5) is 5.95 Å². The van der Waals surface area contributed by atoms with Crippen molar-refractivity contribution in [1.29, 1.82) is 0 Å². The molecule has 2 aromatic rings. The number of carbonyl (C=O) groups excluding carboxylic acids is 1. The van der Waals surface area contributed by atoms with Gasteiger partial charge in [-0.1, -0.05) is 18.2 Å². The Labute approximate surface area is 191 Å². The maximum Gasteiger partial charge on any atom is 0.225 e. The number of benzene rings is 1. The third-order valence-corrected chi connectivity index (χ3v) is 6.49. The molecule has 7 nitrogen and oxygen atoms in total. The van der Waals surface area contributed by atoms with E-state index in [-0.39, 0.29) is 23.8 Å². The molecule has 2 fully saturated rings. The summed E-state index contributed by atoms with van der Waals surface area (Å²) in [5.41, 5.74) is 3.24. The molecule has 1 aromatic heterocycles. The molecule has 1 N–H and O–H groups in total. The zero-order chi connectivity index (χ0) is 22.7. The van der Waals surface area contributed by atoms with Crippen LogP contribution < -0.4 is 15.0 Å². The molecular formula is C25H35N5O2. The van der Waals surface area contributed by atoms with E-state index in [0.717, 1.165) is 54.7 Å². The van der Waals surface area contributed by atoms with Crippen LogP contribution in [-0.4, -0.2) is 60.1 Å². The second-order valence-electron chi connectivity index (χ2n) is 9.31. The zero-order valence-corrected chi connectivity index (χ0v) is 19.7.